The summed E-state index contributed by atoms with van der Waals surface area (Å²) < 4.78 is 3.20. The number of nitrogens with one attached hydrogen (secondary N) is 2. The minimum absolute atomic E-state index is 0.0679. The molecule has 11 heteroatoms. The number of hydrogen-bond donors (Lipinski definition) is 2. The Labute approximate surface area is 192 Å². The molecule has 33 heavy (non-hydrogen) atoms. The smallest absolute Gasteiger partial charge is 0.296 e. The van der Waals surface area contributed by atoms with Crippen molar-refractivity contribution in [3.05, 3.63) is 87.3 Å². The lowest BCUT2D eigenvalue weighted by Crippen LogP contribution is -2.20. The van der Waals surface area contributed by atoms with Crippen molar-refractivity contribution in [2.45, 2.75) is 6.92 Å². The molecule has 0 unspecified atom stereocenters. The maximum atomic E-state index is 13.0. The summed E-state index contributed by atoms with van der Waals surface area (Å²) >= 11 is 1.00. The number of nitriles is 1. The second-order valence-electron chi connectivity index (χ2n) is 6.85. The Balaban J connectivity index is 1.56. The highest BCUT2D eigenvalue weighted by Gasteiger charge is 2.17. The van der Waals surface area contributed by atoms with Crippen molar-refractivity contribution < 1.29 is 4.79 Å². The lowest BCUT2D eigenvalue weighted by Gasteiger charge is -2.07. The lowest BCUT2D eigenvalue weighted by molar-refractivity contribution is 0.102. The zero-order valence-corrected chi connectivity index (χ0v) is 18.5. The van der Waals surface area contributed by atoms with Gasteiger partial charge in [-0.25, -0.2) is 4.68 Å². The predicted octanol–water partition coefficient (Wildman–Crippen LogP) is 2.93. The number of hydrazone groups is 1. The van der Waals surface area contributed by atoms with E-state index in [9.17, 15) is 14.9 Å². The van der Waals surface area contributed by atoms with Crippen molar-refractivity contribution >= 4 is 33.8 Å². The zero-order valence-electron chi connectivity index (χ0n) is 17.7. The number of aromatic nitrogens is 4. The van der Waals surface area contributed by atoms with Gasteiger partial charge in [0.05, 0.1) is 11.4 Å². The third kappa shape index (κ3) is 4.41. The standard InChI is InChI=1S/C22H18N8O2S/c1-14-18(21(32)30(29(14)2)16-11-7-4-8-12-16)26-25-17(13-23)20-27-28-22(33-20)24-19(31)15-9-5-3-6-10-15/h3-12,26H,1-2H3,(H,24,28,31). The predicted molar refractivity (Wildman–Crippen MR) is 126 cm³/mol. The Morgan fingerprint density at radius 1 is 1.09 bits per heavy atom. The van der Waals surface area contributed by atoms with Gasteiger partial charge in [-0.05, 0) is 31.2 Å². The van der Waals surface area contributed by atoms with Gasteiger partial charge in [-0.2, -0.15) is 10.4 Å². The molecule has 0 fully saturated rings. The molecule has 0 aliphatic carbocycles. The Morgan fingerprint density at radius 2 is 1.76 bits per heavy atom. The molecule has 1 amide bonds. The van der Waals surface area contributed by atoms with E-state index in [4.69, 9.17) is 0 Å². The van der Waals surface area contributed by atoms with Gasteiger partial charge in [0.1, 0.15) is 11.8 Å². The molecule has 0 aliphatic rings. The molecule has 164 valence electrons. The van der Waals surface area contributed by atoms with Crippen LogP contribution in [-0.4, -0.2) is 31.2 Å². The second kappa shape index (κ2) is 9.29. The van der Waals surface area contributed by atoms with Crippen LogP contribution in [0.2, 0.25) is 0 Å². The number of anilines is 2. The van der Waals surface area contributed by atoms with Crippen LogP contribution in [-0.2, 0) is 7.05 Å². The quantitative estimate of drug-likeness (QED) is 0.337. The zero-order chi connectivity index (χ0) is 23.4. The molecule has 0 saturated heterocycles. The number of para-hydroxylation sites is 1. The van der Waals surface area contributed by atoms with Crippen molar-refractivity contribution in [3.8, 4) is 11.8 Å². The Kier molecular flexibility index (Phi) is 6.10. The molecule has 0 radical (unpaired) electrons. The molecule has 0 atom stereocenters. The lowest BCUT2D eigenvalue weighted by atomic mass is 10.2. The molecule has 2 N–H and O–H groups in total. The van der Waals surface area contributed by atoms with E-state index in [1.807, 2.05) is 42.5 Å². The highest BCUT2D eigenvalue weighted by atomic mass is 32.1. The van der Waals surface area contributed by atoms with E-state index in [1.165, 1.54) is 4.68 Å². The molecule has 0 saturated carbocycles. The third-order valence-corrected chi connectivity index (χ3v) is 5.67. The van der Waals surface area contributed by atoms with E-state index >= 15 is 0 Å². The summed E-state index contributed by atoms with van der Waals surface area (Å²) in [5.74, 6) is -0.340. The van der Waals surface area contributed by atoms with Crippen LogP contribution in [0.4, 0.5) is 10.8 Å². The largest absolute Gasteiger partial charge is 0.296 e. The minimum Gasteiger partial charge on any atom is -0.296 e. The van der Waals surface area contributed by atoms with Crippen molar-refractivity contribution in [2.75, 3.05) is 10.7 Å². The Morgan fingerprint density at radius 3 is 2.42 bits per heavy atom. The highest BCUT2D eigenvalue weighted by molar-refractivity contribution is 7.17. The first-order valence-corrected chi connectivity index (χ1v) is 10.6. The van der Waals surface area contributed by atoms with E-state index in [2.05, 4.69) is 26.0 Å². The summed E-state index contributed by atoms with van der Waals surface area (Å²) in [6.07, 6.45) is 0. The topological polar surface area (TPSA) is 130 Å². The first-order chi connectivity index (χ1) is 16.0. The van der Waals surface area contributed by atoms with E-state index in [-0.39, 0.29) is 33.0 Å². The van der Waals surface area contributed by atoms with Gasteiger partial charge >= 0.3 is 0 Å². The summed E-state index contributed by atoms with van der Waals surface area (Å²) in [6, 6.07) is 19.8. The summed E-state index contributed by atoms with van der Waals surface area (Å²) in [5.41, 5.74) is 4.37. The van der Waals surface area contributed by atoms with E-state index in [1.54, 1.807) is 42.9 Å². The fourth-order valence-electron chi connectivity index (χ4n) is 3.06. The molecule has 0 bridgehead atoms. The number of carbonyl (C=O) groups excluding carboxylic acids is 1. The van der Waals surface area contributed by atoms with Gasteiger partial charge in [0.15, 0.2) is 10.7 Å². The van der Waals surface area contributed by atoms with Gasteiger partial charge in [0, 0.05) is 12.6 Å². The van der Waals surface area contributed by atoms with Crippen LogP contribution in [0.5, 0.6) is 0 Å². The van der Waals surface area contributed by atoms with Gasteiger partial charge in [0.2, 0.25) is 5.13 Å². The fourth-order valence-corrected chi connectivity index (χ4v) is 3.74. The number of hydrogen-bond acceptors (Lipinski definition) is 8. The molecule has 4 rings (SSSR count). The number of benzene rings is 2. The van der Waals surface area contributed by atoms with Gasteiger partial charge in [-0.15, -0.1) is 10.2 Å². The molecule has 2 heterocycles. The molecule has 4 aromatic rings. The van der Waals surface area contributed by atoms with Crippen LogP contribution in [0.15, 0.2) is 70.6 Å². The average Bonchev–Trinajstić information content (AvgIpc) is 3.38. The molecule has 2 aromatic carbocycles. The van der Waals surface area contributed by atoms with Crippen LogP contribution < -0.4 is 16.3 Å². The number of amides is 1. The molecular weight excluding hydrogens is 440 g/mol. The van der Waals surface area contributed by atoms with E-state index < -0.39 is 0 Å². The summed E-state index contributed by atoms with van der Waals surface area (Å²) in [6.45, 7) is 1.77. The normalized spacial score (nSPS) is 11.1. The number of nitrogens with zero attached hydrogens (tertiary/aromatic N) is 6. The van der Waals surface area contributed by atoms with Crippen LogP contribution in [0.1, 0.15) is 21.1 Å². The van der Waals surface area contributed by atoms with Crippen LogP contribution >= 0.6 is 11.3 Å². The molecule has 10 nitrogen and oxygen atoms in total. The molecule has 0 spiro atoms. The second-order valence-corrected chi connectivity index (χ2v) is 7.83. The summed E-state index contributed by atoms with van der Waals surface area (Å²) in [4.78, 5) is 25.2. The average molecular weight is 459 g/mol. The van der Waals surface area contributed by atoms with E-state index in [0.717, 1.165) is 11.3 Å². The Bertz CT molecular complexity index is 1430. The van der Waals surface area contributed by atoms with Crippen molar-refractivity contribution in [2.24, 2.45) is 12.1 Å². The first kappa shape index (κ1) is 21.7. The SMILES string of the molecule is Cc1c(NN=C(C#N)c2nnc(NC(=O)c3ccccc3)s2)c(=O)n(-c2ccccc2)n1C. The van der Waals surface area contributed by atoms with Crippen LogP contribution in [0.25, 0.3) is 5.69 Å². The van der Waals surface area contributed by atoms with Gasteiger partial charge in [0.25, 0.3) is 11.5 Å². The fraction of sp³-hybridized carbons (Fsp3) is 0.0909. The molecule has 0 aliphatic heterocycles. The minimum atomic E-state index is -0.340. The van der Waals surface area contributed by atoms with Crippen molar-refractivity contribution in [1.82, 2.24) is 19.6 Å². The monoisotopic (exact) mass is 458 g/mol. The van der Waals surface area contributed by atoms with Gasteiger partial charge in [-0.1, -0.05) is 47.7 Å². The maximum Gasteiger partial charge on any atom is 0.296 e. The van der Waals surface area contributed by atoms with Crippen LogP contribution in [0.3, 0.4) is 0 Å². The van der Waals surface area contributed by atoms with Gasteiger partial charge < -0.3 is 0 Å². The summed E-state index contributed by atoms with van der Waals surface area (Å²) in [7, 11) is 1.76. The van der Waals surface area contributed by atoms with Gasteiger partial charge in [-0.3, -0.25) is 25.0 Å². The number of rotatable bonds is 6. The third-order valence-electron chi connectivity index (χ3n) is 4.82. The van der Waals surface area contributed by atoms with E-state index in [0.29, 0.717) is 16.9 Å². The first-order valence-electron chi connectivity index (χ1n) is 9.77. The highest BCUT2D eigenvalue weighted by Crippen LogP contribution is 2.18. The van der Waals surface area contributed by atoms with Crippen molar-refractivity contribution in [3.63, 3.8) is 0 Å². The molecular formula is C22H18N8O2S. The van der Waals surface area contributed by atoms with Crippen molar-refractivity contribution in [1.29, 1.82) is 5.26 Å². The maximum absolute atomic E-state index is 13.0. The Hall–Kier alpha value is -4.56. The molecule has 2 aromatic heterocycles. The summed E-state index contributed by atoms with van der Waals surface area (Å²) in [5, 5.41) is 24.5. The van der Waals surface area contributed by atoms with Crippen LogP contribution in [0, 0.1) is 18.3 Å². The number of carbonyl (C=O) groups is 1.